The van der Waals surface area contributed by atoms with Crippen LogP contribution < -0.4 is 16.2 Å². The van der Waals surface area contributed by atoms with Crippen LogP contribution in [-0.4, -0.2) is 12.5 Å². The highest BCUT2D eigenvalue weighted by Crippen LogP contribution is 2.23. The highest BCUT2D eigenvalue weighted by molar-refractivity contribution is 6.07. The molecule has 2 rings (SSSR count). The molecule has 0 aliphatic rings. The number of para-hydroxylation sites is 1. The standard InChI is InChI=1S/C16H18FN3O/c1-3-20(15-7-5-4-6-14(15)17)16(21)13-9-8-12(19-18)10-11(13)2/h4-10,19H,3,18H2,1-2H3. The summed E-state index contributed by atoms with van der Waals surface area (Å²) in [5, 5.41) is 0. The molecule has 0 spiro atoms. The second kappa shape index (κ2) is 6.37. The number of nitrogen functional groups attached to an aromatic ring is 1. The number of nitrogens with two attached hydrogens (primary N) is 1. The van der Waals surface area contributed by atoms with Crippen molar-refractivity contribution in [2.75, 3.05) is 16.9 Å². The van der Waals surface area contributed by atoms with E-state index < -0.39 is 5.82 Å². The molecule has 0 aromatic heterocycles. The van der Waals surface area contributed by atoms with E-state index in [0.29, 0.717) is 12.1 Å². The minimum absolute atomic E-state index is 0.233. The first kappa shape index (κ1) is 15.0. The molecule has 4 nitrogen and oxygen atoms in total. The number of hydrazine groups is 1. The van der Waals surface area contributed by atoms with Gasteiger partial charge in [-0.25, -0.2) is 4.39 Å². The number of halogens is 1. The number of amides is 1. The number of nitrogens with one attached hydrogen (secondary N) is 1. The Morgan fingerprint density at radius 3 is 2.57 bits per heavy atom. The van der Waals surface area contributed by atoms with Crippen LogP contribution in [-0.2, 0) is 0 Å². The summed E-state index contributed by atoms with van der Waals surface area (Å²) in [7, 11) is 0. The molecule has 5 heteroatoms. The molecule has 2 aromatic carbocycles. The molecule has 0 bridgehead atoms. The highest BCUT2D eigenvalue weighted by Gasteiger charge is 2.20. The smallest absolute Gasteiger partial charge is 0.258 e. The molecule has 0 unspecified atom stereocenters. The van der Waals surface area contributed by atoms with Crippen LogP contribution in [0.25, 0.3) is 0 Å². The van der Waals surface area contributed by atoms with Crippen molar-refractivity contribution >= 4 is 17.3 Å². The SMILES string of the molecule is CCN(C(=O)c1ccc(NN)cc1C)c1ccccc1F. The van der Waals surface area contributed by atoms with Crippen LogP contribution >= 0.6 is 0 Å². The minimum atomic E-state index is -0.411. The maximum atomic E-state index is 13.9. The molecule has 0 radical (unpaired) electrons. The summed E-state index contributed by atoms with van der Waals surface area (Å²) in [5.74, 6) is 4.70. The minimum Gasteiger partial charge on any atom is -0.324 e. The van der Waals surface area contributed by atoms with Crippen molar-refractivity contribution in [2.24, 2.45) is 5.84 Å². The first-order valence-corrected chi connectivity index (χ1v) is 6.72. The van der Waals surface area contributed by atoms with Crippen LogP contribution in [0.1, 0.15) is 22.8 Å². The van der Waals surface area contributed by atoms with Crippen molar-refractivity contribution in [1.82, 2.24) is 0 Å². The van der Waals surface area contributed by atoms with Crippen molar-refractivity contribution in [3.63, 3.8) is 0 Å². The van der Waals surface area contributed by atoms with E-state index in [-0.39, 0.29) is 11.6 Å². The molecule has 0 aliphatic heterocycles. The van der Waals surface area contributed by atoms with Gasteiger partial charge in [0.05, 0.1) is 5.69 Å². The van der Waals surface area contributed by atoms with Gasteiger partial charge in [0, 0.05) is 17.8 Å². The zero-order chi connectivity index (χ0) is 15.4. The van der Waals surface area contributed by atoms with Gasteiger partial charge in [-0.1, -0.05) is 12.1 Å². The second-order valence-corrected chi connectivity index (χ2v) is 4.67. The molecule has 0 atom stereocenters. The Bertz CT molecular complexity index is 658. The maximum Gasteiger partial charge on any atom is 0.258 e. The molecule has 0 aliphatic carbocycles. The Hall–Kier alpha value is -2.40. The van der Waals surface area contributed by atoms with Crippen LogP contribution in [0, 0.1) is 12.7 Å². The van der Waals surface area contributed by atoms with Gasteiger partial charge in [-0.15, -0.1) is 0 Å². The summed E-state index contributed by atoms with van der Waals surface area (Å²) in [6, 6.07) is 11.4. The van der Waals surface area contributed by atoms with Crippen molar-refractivity contribution in [3.05, 3.63) is 59.4 Å². The number of hydrogen-bond donors (Lipinski definition) is 2. The molecule has 0 saturated carbocycles. The second-order valence-electron chi connectivity index (χ2n) is 4.67. The lowest BCUT2D eigenvalue weighted by Gasteiger charge is -2.22. The number of hydrogen-bond acceptors (Lipinski definition) is 3. The van der Waals surface area contributed by atoms with Gasteiger partial charge in [-0.05, 0) is 49.7 Å². The average Bonchev–Trinajstić information content (AvgIpc) is 2.49. The van der Waals surface area contributed by atoms with Gasteiger partial charge in [0.25, 0.3) is 5.91 Å². The van der Waals surface area contributed by atoms with E-state index in [0.717, 1.165) is 11.3 Å². The molecule has 1 amide bonds. The van der Waals surface area contributed by atoms with E-state index >= 15 is 0 Å². The number of aryl methyl sites for hydroxylation is 1. The van der Waals surface area contributed by atoms with Crippen LogP contribution in [0.4, 0.5) is 15.8 Å². The lowest BCUT2D eigenvalue weighted by molar-refractivity contribution is 0.0987. The van der Waals surface area contributed by atoms with Crippen LogP contribution in [0.2, 0.25) is 0 Å². The van der Waals surface area contributed by atoms with Crippen LogP contribution in [0.5, 0.6) is 0 Å². The third-order valence-corrected chi connectivity index (χ3v) is 3.33. The van der Waals surface area contributed by atoms with Crippen molar-refractivity contribution in [2.45, 2.75) is 13.8 Å². The molecule has 0 heterocycles. The van der Waals surface area contributed by atoms with E-state index in [9.17, 15) is 9.18 Å². The normalized spacial score (nSPS) is 10.3. The fraction of sp³-hybridized carbons (Fsp3) is 0.188. The molecule has 21 heavy (non-hydrogen) atoms. The summed E-state index contributed by atoms with van der Waals surface area (Å²) >= 11 is 0. The summed E-state index contributed by atoms with van der Waals surface area (Å²) in [6.45, 7) is 4.02. The van der Waals surface area contributed by atoms with Gasteiger partial charge >= 0.3 is 0 Å². The van der Waals surface area contributed by atoms with E-state index in [2.05, 4.69) is 5.43 Å². The van der Waals surface area contributed by atoms with Gasteiger partial charge < -0.3 is 10.3 Å². The monoisotopic (exact) mass is 287 g/mol. The van der Waals surface area contributed by atoms with Gasteiger partial charge in [-0.3, -0.25) is 10.6 Å². The fourth-order valence-corrected chi connectivity index (χ4v) is 2.23. The van der Waals surface area contributed by atoms with Crippen molar-refractivity contribution in [1.29, 1.82) is 0 Å². The zero-order valence-corrected chi connectivity index (χ0v) is 12.1. The van der Waals surface area contributed by atoms with Gasteiger partial charge in [0.2, 0.25) is 0 Å². The Morgan fingerprint density at radius 1 is 1.29 bits per heavy atom. The summed E-state index contributed by atoms with van der Waals surface area (Å²) < 4.78 is 13.9. The number of benzene rings is 2. The summed E-state index contributed by atoms with van der Waals surface area (Å²) in [6.07, 6.45) is 0. The molecule has 2 aromatic rings. The number of carbonyl (C=O) groups excluding carboxylic acids is 1. The Kier molecular flexibility index (Phi) is 4.55. The third kappa shape index (κ3) is 3.03. The average molecular weight is 287 g/mol. The van der Waals surface area contributed by atoms with Gasteiger partial charge in [-0.2, -0.15) is 0 Å². The van der Waals surface area contributed by atoms with Crippen molar-refractivity contribution < 1.29 is 9.18 Å². The van der Waals surface area contributed by atoms with E-state index in [1.165, 1.54) is 11.0 Å². The Balaban J connectivity index is 2.39. The fourth-order valence-electron chi connectivity index (χ4n) is 2.23. The summed E-state index contributed by atoms with van der Waals surface area (Å²) in [4.78, 5) is 14.1. The van der Waals surface area contributed by atoms with Gasteiger partial charge in [0.15, 0.2) is 0 Å². The molecule has 3 N–H and O–H groups in total. The van der Waals surface area contributed by atoms with E-state index in [1.54, 1.807) is 36.4 Å². The largest absolute Gasteiger partial charge is 0.324 e. The lowest BCUT2D eigenvalue weighted by Crippen LogP contribution is -2.32. The van der Waals surface area contributed by atoms with Crippen molar-refractivity contribution in [3.8, 4) is 0 Å². The number of rotatable bonds is 4. The van der Waals surface area contributed by atoms with E-state index in [1.807, 2.05) is 13.8 Å². The number of nitrogens with zero attached hydrogens (tertiary/aromatic N) is 1. The molecular weight excluding hydrogens is 269 g/mol. The maximum absolute atomic E-state index is 13.9. The van der Waals surface area contributed by atoms with Crippen LogP contribution in [0.3, 0.4) is 0 Å². The topological polar surface area (TPSA) is 58.4 Å². The predicted molar refractivity (Wildman–Crippen MR) is 82.7 cm³/mol. The van der Waals surface area contributed by atoms with E-state index in [4.69, 9.17) is 5.84 Å². The number of carbonyl (C=O) groups is 1. The van der Waals surface area contributed by atoms with Gasteiger partial charge in [0.1, 0.15) is 5.82 Å². The molecule has 110 valence electrons. The first-order valence-electron chi connectivity index (χ1n) is 6.72. The summed E-state index contributed by atoms with van der Waals surface area (Å²) in [5.41, 5.74) is 4.85. The molecular formula is C16H18FN3O. The molecule has 0 saturated heterocycles. The predicted octanol–water partition coefficient (Wildman–Crippen LogP) is 3.09. The Labute approximate surface area is 123 Å². The third-order valence-electron chi connectivity index (χ3n) is 3.33. The molecule has 0 fully saturated rings. The first-order chi connectivity index (χ1) is 10.1. The quantitative estimate of drug-likeness (QED) is 0.671. The Morgan fingerprint density at radius 2 is 2.00 bits per heavy atom. The van der Waals surface area contributed by atoms with Crippen LogP contribution in [0.15, 0.2) is 42.5 Å². The highest BCUT2D eigenvalue weighted by atomic mass is 19.1. The number of anilines is 2. The zero-order valence-electron chi connectivity index (χ0n) is 12.1. The lowest BCUT2D eigenvalue weighted by atomic mass is 10.1.